The van der Waals surface area contributed by atoms with Gasteiger partial charge in [-0.15, -0.1) is 0 Å². The van der Waals surface area contributed by atoms with Gasteiger partial charge in [0.1, 0.15) is 5.75 Å². The van der Waals surface area contributed by atoms with Gasteiger partial charge >= 0.3 is 6.18 Å². The van der Waals surface area contributed by atoms with Crippen molar-refractivity contribution >= 4 is 5.91 Å². The largest absolute Gasteiger partial charge is 0.484 e. The molecule has 0 aliphatic heterocycles. The topological polar surface area (TPSA) is 41.6 Å². The summed E-state index contributed by atoms with van der Waals surface area (Å²) in [7, 11) is 3.86. The van der Waals surface area contributed by atoms with E-state index in [1.165, 1.54) is 12.1 Å². The van der Waals surface area contributed by atoms with Crippen molar-refractivity contribution in [3.8, 4) is 5.75 Å². The van der Waals surface area contributed by atoms with E-state index in [1.807, 2.05) is 19.0 Å². The molecule has 0 aliphatic carbocycles. The number of carbonyl (C=O) groups is 1. The number of hydrogen-bond donors (Lipinski definition) is 1. The van der Waals surface area contributed by atoms with Crippen molar-refractivity contribution in [1.29, 1.82) is 0 Å². The molecule has 118 valence electrons. The average Bonchev–Trinajstić information content (AvgIpc) is 2.40. The zero-order valence-electron chi connectivity index (χ0n) is 12.0. The number of halogens is 3. The number of nitrogens with one attached hydrogen (secondary N) is 1. The Morgan fingerprint density at radius 1 is 1.33 bits per heavy atom. The predicted octanol–water partition coefficient (Wildman–Crippen LogP) is 2.15. The molecule has 0 spiro atoms. The molecule has 0 aromatic heterocycles. The SMILES string of the molecule is CN(C)CCCNC(=O)COc1cccc(C(F)(F)F)c1. The summed E-state index contributed by atoms with van der Waals surface area (Å²) in [5.41, 5.74) is -0.800. The van der Waals surface area contributed by atoms with E-state index in [-0.39, 0.29) is 18.3 Å². The van der Waals surface area contributed by atoms with Gasteiger partial charge in [-0.2, -0.15) is 13.2 Å². The van der Waals surface area contributed by atoms with Crippen molar-refractivity contribution in [3.05, 3.63) is 29.8 Å². The van der Waals surface area contributed by atoms with Crippen LogP contribution in [0.15, 0.2) is 24.3 Å². The standard InChI is InChI=1S/C14H19F3N2O2/c1-19(2)8-4-7-18-13(20)10-21-12-6-3-5-11(9-12)14(15,16)17/h3,5-6,9H,4,7-8,10H2,1-2H3,(H,18,20). The molecule has 21 heavy (non-hydrogen) atoms. The number of ether oxygens (including phenoxy) is 1. The number of rotatable bonds is 7. The fraction of sp³-hybridized carbons (Fsp3) is 0.500. The van der Waals surface area contributed by atoms with Gasteiger partial charge in [-0.05, 0) is 45.3 Å². The van der Waals surface area contributed by atoms with Gasteiger partial charge in [0.25, 0.3) is 5.91 Å². The molecule has 1 N–H and O–H groups in total. The highest BCUT2D eigenvalue weighted by molar-refractivity contribution is 5.77. The maximum Gasteiger partial charge on any atom is 0.416 e. The molecule has 0 aliphatic rings. The third kappa shape index (κ3) is 6.99. The molecule has 1 amide bonds. The van der Waals surface area contributed by atoms with Crippen LogP contribution >= 0.6 is 0 Å². The molecule has 0 fully saturated rings. The van der Waals surface area contributed by atoms with Crippen LogP contribution in [0.25, 0.3) is 0 Å². The number of amides is 1. The first kappa shape index (κ1) is 17.3. The summed E-state index contributed by atoms with van der Waals surface area (Å²) >= 11 is 0. The lowest BCUT2D eigenvalue weighted by atomic mass is 10.2. The molecule has 0 unspecified atom stereocenters. The van der Waals surface area contributed by atoms with Crippen LogP contribution in [0.5, 0.6) is 5.75 Å². The molecule has 0 bridgehead atoms. The van der Waals surface area contributed by atoms with E-state index in [0.29, 0.717) is 6.54 Å². The second-order valence-corrected chi connectivity index (χ2v) is 4.82. The van der Waals surface area contributed by atoms with Crippen molar-refractivity contribution in [1.82, 2.24) is 10.2 Å². The third-order valence-electron chi connectivity index (χ3n) is 2.64. The molecule has 1 aromatic carbocycles. The van der Waals surface area contributed by atoms with Gasteiger partial charge in [-0.25, -0.2) is 0 Å². The van der Waals surface area contributed by atoms with Crippen LogP contribution < -0.4 is 10.1 Å². The quantitative estimate of drug-likeness (QED) is 0.785. The van der Waals surface area contributed by atoms with E-state index in [4.69, 9.17) is 4.74 Å². The Kier molecular flexibility index (Phi) is 6.48. The van der Waals surface area contributed by atoms with Gasteiger partial charge in [-0.1, -0.05) is 6.07 Å². The van der Waals surface area contributed by atoms with Gasteiger partial charge in [-0.3, -0.25) is 4.79 Å². The van der Waals surface area contributed by atoms with Crippen molar-refractivity contribution in [2.75, 3.05) is 33.8 Å². The Balaban J connectivity index is 2.36. The lowest BCUT2D eigenvalue weighted by molar-refractivity contribution is -0.137. The van der Waals surface area contributed by atoms with Gasteiger partial charge < -0.3 is 15.0 Å². The second kappa shape index (κ2) is 7.87. The lowest BCUT2D eigenvalue weighted by Gasteiger charge is -2.11. The highest BCUT2D eigenvalue weighted by Gasteiger charge is 2.30. The minimum Gasteiger partial charge on any atom is -0.484 e. The highest BCUT2D eigenvalue weighted by Crippen LogP contribution is 2.31. The van der Waals surface area contributed by atoms with Crippen LogP contribution in [-0.4, -0.2) is 44.6 Å². The first-order valence-electron chi connectivity index (χ1n) is 6.50. The number of benzene rings is 1. The van der Waals surface area contributed by atoms with Crippen LogP contribution in [-0.2, 0) is 11.0 Å². The van der Waals surface area contributed by atoms with Gasteiger partial charge in [0.05, 0.1) is 5.56 Å². The van der Waals surface area contributed by atoms with Crippen molar-refractivity contribution in [3.63, 3.8) is 0 Å². The van der Waals surface area contributed by atoms with E-state index in [9.17, 15) is 18.0 Å². The van der Waals surface area contributed by atoms with Gasteiger partial charge in [0.15, 0.2) is 6.61 Å². The third-order valence-corrected chi connectivity index (χ3v) is 2.64. The van der Waals surface area contributed by atoms with Crippen molar-refractivity contribution < 1.29 is 22.7 Å². The Bertz CT molecular complexity index is 462. The lowest BCUT2D eigenvalue weighted by Crippen LogP contribution is -2.31. The number of alkyl halides is 3. The first-order chi connectivity index (χ1) is 9.79. The first-order valence-corrected chi connectivity index (χ1v) is 6.50. The smallest absolute Gasteiger partial charge is 0.416 e. The Hall–Kier alpha value is -1.76. The van der Waals surface area contributed by atoms with Crippen LogP contribution in [0.4, 0.5) is 13.2 Å². The zero-order chi connectivity index (χ0) is 15.9. The highest BCUT2D eigenvalue weighted by atomic mass is 19.4. The van der Waals surface area contributed by atoms with E-state index in [1.54, 1.807) is 0 Å². The summed E-state index contributed by atoms with van der Waals surface area (Å²) in [6, 6.07) is 4.45. The summed E-state index contributed by atoms with van der Waals surface area (Å²) in [6.45, 7) is 1.04. The monoisotopic (exact) mass is 304 g/mol. The molecule has 0 radical (unpaired) electrons. The minimum absolute atomic E-state index is 0.0215. The summed E-state index contributed by atoms with van der Waals surface area (Å²) < 4.78 is 42.6. The van der Waals surface area contributed by atoms with Crippen molar-refractivity contribution in [2.45, 2.75) is 12.6 Å². The Labute approximate surface area is 121 Å². The van der Waals surface area contributed by atoms with Crippen LogP contribution in [0, 0.1) is 0 Å². The predicted molar refractivity (Wildman–Crippen MR) is 73.1 cm³/mol. The summed E-state index contributed by atoms with van der Waals surface area (Å²) in [5, 5.41) is 2.64. The molecule has 0 saturated carbocycles. The number of carbonyl (C=O) groups excluding carboxylic acids is 1. The van der Waals surface area contributed by atoms with E-state index < -0.39 is 11.7 Å². The summed E-state index contributed by atoms with van der Waals surface area (Å²) in [4.78, 5) is 13.5. The summed E-state index contributed by atoms with van der Waals surface area (Å²) in [6.07, 6.45) is -3.63. The van der Waals surface area contributed by atoms with Gasteiger partial charge in [0, 0.05) is 6.54 Å². The Morgan fingerprint density at radius 2 is 2.05 bits per heavy atom. The Morgan fingerprint density at radius 3 is 2.67 bits per heavy atom. The second-order valence-electron chi connectivity index (χ2n) is 4.82. The summed E-state index contributed by atoms with van der Waals surface area (Å²) in [5.74, 6) is -0.334. The molecule has 1 rings (SSSR count). The molecule has 7 heteroatoms. The maximum atomic E-state index is 12.5. The molecule has 4 nitrogen and oxygen atoms in total. The molecule has 0 saturated heterocycles. The minimum atomic E-state index is -4.42. The van der Waals surface area contributed by atoms with Crippen LogP contribution in [0.3, 0.4) is 0 Å². The number of nitrogens with zero attached hydrogens (tertiary/aromatic N) is 1. The van der Waals surface area contributed by atoms with Crippen molar-refractivity contribution in [2.24, 2.45) is 0 Å². The van der Waals surface area contributed by atoms with E-state index >= 15 is 0 Å². The molecule has 1 aromatic rings. The molecular formula is C14H19F3N2O2. The van der Waals surface area contributed by atoms with Gasteiger partial charge in [0.2, 0.25) is 0 Å². The van der Waals surface area contributed by atoms with Crippen LogP contribution in [0.1, 0.15) is 12.0 Å². The molecule has 0 heterocycles. The van der Waals surface area contributed by atoms with Crippen LogP contribution in [0.2, 0.25) is 0 Å². The maximum absolute atomic E-state index is 12.5. The molecular weight excluding hydrogens is 285 g/mol. The van der Waals surface area contributed by atoms with E-state index in [2.05, 4.69) is 5.32 Å². The molecule has 0 atom stereocenters. The average molecular weight is 304 g/mol. The normalized spacial score (nSPS) is 11.5. The number of hydrogen-bond acceptors (Lipinski definition) is 3. The fourth-order valence-corrected chi connectivity index (χ4v) is 1.59. The van der Waals surface area contributed by atoms with E-state index in [0.717, 1.165) is 25.1 Å². The fourth-order valence-electron chi connectivity index (χ4n) is 1.59. The zero-order valence-corrected chi connectivity index (χ0v) is 12.0.